The third-order valence-electron chi connectivity index (χ3n) is 6.55. The Morgan fingerprint density at radius 3 is 2.04 bits per heavy atom. The molecule has 5 rings (SSSR count). The molecule has 0 atom stereocenters. The van der Waals surface area contributed by atoms with Crippen LogP contribution in [0.15, 0.2) is 0 Å². The zero-order chi connectivity index (χ0) is 18.6. The lowest BCUT2D eigenvalue weighted by molar-refractivity contribution is 0.389. The van der Waals surface area contributed by atoms with E-state index >= 15 is 0 Å². The molecule has 146 valence electrons. The van der Waals surface area contributed by atoms with Gasteiger partial charge in [0.25, 0.3) is 0 Å². The Morgan fingerprint density at radius 2 is 1.37 bits per heavy atom. The summed E-state index contributed by atoms with van der Waals surface area (Å²) in [5, 5.41) is 1.37. The van der Waals surface area contributed by atoms with Crippen LogP contribution in [-0.4, -0.2) is 40.7 Å². The summed E-state index contributed by atoms with van der Waals surface area (Å²) in [6.45, 7) is 11.5. The molecule has 0 amide bonds. The van der Waals surface area contributed by atoms with Crippen LogP contribution >= 0.6 is 0 Å². The molecule has 2 fully saturated rings. The van der Waals surface area contributed by atoms with Crippen molar-refractivity contribution in [1.29, 1.82) is 0 Å². The summed E-state index contributed by atoms with van der Waals surface area (Å²) in [5.41, 5.74) is 4.30. The molecule has 0 N–H and O–H groups in total. The largest absolute Gasteiger partial charge is 0.356 e. The topological polar surface area (TPSA) is 37.2 Å². The Morgan fingerprint density at radius 1 is 0.741 bits per heavy atom. The molecule has 0 spiro atoms. The van der Waals surface area contributed by atoms with Crippen molar-refractivity contribution >= 4 is 22.8 Å². The molecular weight excluding hydrogens is 334 g/mol. The van der Waals surface area contributed by atoms with Gasteiger partial charge in [-0.15, -0.1) is 0 Å². The van der Waals surface area contributed by atoms with Crippen LogP contribution in [0.25, 0.3) is 11.0 Å². The molecule has 27 heavy (non-hydrogen) atoms. The molecule has 0 bridgehead atoms. The Bertz CT molecular complexity index is 848. The van der Waals surface area contributed by atoms with Gasteiger partial charge in [-0.3, -0.25) is 0 Å². The Hall–Kier alpha value is -1.78. The van der Waals surface area contributed by atoms with Crippen molar-refractivity contribution in [3.8, 4) is 0 Å². The summed E-state index contributed by atoms with van der Waals surface area (Å²) in [6, 6.07) is 0. The minimum atomic E-state index is 0.0437. The van der Waals surface area contributed by atoms with Crippen LogP contribution in [0.4, 0.5) is 11.8 Å². The highest BCUT2D eigenvalue weighted by atomic mass is 15.3. The van der Waals surface area contributed by atoms with Gasteiger partial charge in [-0.25, -0.2) is 0 Å². The fourth-order valence-corrected chi connectivity index (χ4v) is 5.33. The van der Waals surface area contributed by atoms with E-state index in [4.69, 9.17) is 9.97 Å². The number of nitrogens with zero attached hydrogens (tertiary/aromatic N) is 5. The SMILES string of the molecule is CC(C)(C)n1c2c(c3c(N4CCCC4)nc(N4CCCC4)nc31)CCCC2. The molecule has 0 radical (unpaired) electrons. The number of rotatable bonds is 2. The molecule has 5 heteroatoms. The van der Waals surface area contributed by atoms with Gasteiger partial charge in [0, 0.05) is 37.4 Å². The molecule has 1 aliphatic carbocycles. The van der Waals surface area contributed by atoms with Crippen LogP contribution in [0.2, 0.25) is 0 Å². The van der Waals surface area contributed by atoms with Crippen LogP contribution in [0.5, 0.6) is 0 Å². The van der Waals surface area contributed by atoms with Gasteiger partial charge in [0.1, 0.15) is 11.5 Å². The minimum Gasteiger partial charge on any atom is -0.356 e. The van der Waals surface area contributed by atoms with E-state index in [1.807, 2.05) is 0 Å². The predicted molar refractivity (Wildman–Crippen MR) is 112 cm³/mol. The van der Waals surface area contributed by atoms with Gasteiger partial charge in [-0.2, -0.15) is 9.97 Å². The minimum absolute atomic E-state index is 0.0437. The monoisotopic (exact) mass is 367 g/mol. The highest BCUT2D eigenvalue weighted by Crippen LogP contribution is 2.41. The van der Waals surface area contributed by atoms with Crippen LogP contribution in [0, 0.1) is 0 Å². The lowest BCUT2D eigenvalue weighted by Gasteiger charge is -2.27. The molecule has 2 aromatic rings. The van der Waals surface area contributed by atoms with Gasteiger partial charge in [0.05, 0.1) is 5.39 Å². The maximum Gasteiger partial charge on any atom is 0.229 e. The second kappa shape index (κ2) is 6.39. The fourth-order valence-electron chi connectivity index (χ4n) is 5.33. The first-order chi connectivity index (χ1) is 13.0. The second-order valence-corrected chi connectivity index (χ2v) is 9.57. The van der Waals surface area contributed by atoms with Gasteiger partial charge < -0.3 is 14.4 Å². The van der Waals surface area contributed by atoms with Crippen molar-refractivity contribution < 1.29 is 0 Å². The standard InChI is InChI=1S/C22H33N5/c1-22(2,3)27-17-11-5-4-10-16(17)18-19(25-12-6-7-13-25)23-21(24-20(18)27)26-14-8-9-15-26/h4-15H2,1-3H3. The number of aromatic nitrogens is 3. The Labute approximate surface area is 162 Å². The summed E-state index contributed by atoms with van der Waals surface area (Å²) in [5.74, 6) is 2.18. The van der Waals surface area contributed by atoms with Crippen molar-refractivity contribution in [2.24, 2.45) is 0 Å². The van der Waals surface area contributed by atoms with Crippen molar-refractivity contribution in [2.75, 3.05) is 36.0 Å². The molecule has 0 unspecified atom stereocenters. The zero-order valence-electron chi connectivity index (χ0n) is 17.2. The van der Waals surface area contributed by atoms with Crippen LogP contribution in [0.3, 0.4) is 0 Å². The summed E-state index contributed by atoms with van der Waals surface area (Å²) in [6.07, 6.45) is 10.0. The van der Waals surface area contributed by atoms with Crippen molar-refractivity contribution in [3.05, 3.63) is 11.3 Å². The van der Waals surface area contributed by atoms with Gasteiger partial charge >= 0.3 is 0 Å². The third kappa shape index (κ3) is 2.81. The van der Waals surface area contributed by atoms with Gasteiger partial charge in [0.15, 0.2) is 0 Å². The highest BCUT2D eigenvalue weighted by Gasteiger charge is 2.32. The lowest BCUT2D eigenvalue weighted by atomic mass is 9.95. The second-order valence-electron chi connectivity index (χ2n) is 9.57. The Kier molecular flexibility index (Phi) is 4.10. The van der Waals surface area contributed by atoms with E-state index in [9.17, 15) is 0 Å². The smallest absolute Gasteiger partial charge is 0.229 e. The first kappa shape index (κ1) is 17.3. The van der Waals surface area contributed by atoms with E-state index in [2.05, 4.69) is 35.1 Å². The average molecular weight is 368 g/mol. The van der Waals surface area contributed by atoms with E-state index in [1.165, 1.54) is 73.9 Å². The molecular formula is C22H33N5. The number of hydrogen-bond acceptors (Lipinski definition) is 4. The molecule has 3 aliphatic rings. The van der Waals surface area contributed by atoms with E-state index in [1.54, 1.807) is 5.56 Å². The predicted octanol–water partition coefficient (Wildman–Crippen LogP) is 4.27. The molecule has 0 saturated carbocycles. The maximum atomic E-state index is 5.21. The van der Waals surface area contributed by atoms with Crippen LogP contribution in [0.1, 0.15) is 70.6 Å². The Balaban J connectivity index is 1.80. The molecule has 2 aromatic heterocycles. The van der Waals surface area contributed by atoms with Gasteiger partial charge in [0.2, 0.25) is 5.95 Å². The summed E-state index contributed by atoms with van der Waals surface area (Å²) < 4.78 is 2.55. The summed E-state index contributed by atoms with van der Waals surface area (Å²) in [7, 11) is 0. The van der Waals surface area contributed by atoms with Crippen molar-refractivity contribution in [2.45, 2.75) is 77.7 Å². The zero-order valence-corrected chi connectivity index (χ0v) is 17.2. The van der Waals surface area contributed by atoms with E-state index in [-0.39, 0.29) is 5.54 Å². The van der Waals surface area contributed by atoms with Crippen molar-refractivity contribution in [1.82, 2.24) is 14.5 Å². The van der Waals surface area contributed by atoms with Crippen LogP contribution < -0.4 is 9.80 Å². The molecule has 4 heterocycles. The summed E-state index contributed by atoms with van der Waals surface area (Å²) in [4.78, 5) is 15.3. The molecule has 0 aromatic carbocycles. The van der Waals surface area contributed by atoms with Crippen LogP contribution in [-0.2, 0) is 18.4 Å². The maximum absolute atomic E-state index is 5.21. The molecule has 5 nitrogen and oxygen atoms in total. The van der Waals surface area contributed by atoms with E-state index < -0.39 is 0 Å². The first-order valence-electron chi connectivity index (χ1n) is 11.0. The highest BCUT2D eigenvalue weighted by molar-refractivity contribution is 5.94. The molecule has 2 aliphatic heterocycles. The number of anilines is 2. The third-order valence-corrected chi connectivity index (χ3v) is 6.55. The lowest BCUT2D eigenvalue weighted by Crippen LogP contribution is -2.27. The number of aryl methyl sites for hydroxylation is 1. The fraction of sp³-hybridized carbons (Fsp3) is 0.727. The quantitative estimate of drug-likeness (QED) is 0.794. The van der Waals surface area contributed by atoms with E-state index in [0.29, 0.717) is 0 Å². The number of hydrogen-bond donors (Lipinski definition) is 0. The normalized spacial score (nSPS) is 20.7. The van der Waals surface area contributed by atoms with Gasteiger partial charge in [-0.1, -0.05) is 0 Å². The van der Waals surface area contributed by atoms with Crippen molar-refractivity contribution in [3.63, 3.8) is 0 Å². The first-order valence-corrected chi connectivity index (χ1v) is 11.0. The van der Waals surface area contributed by atoms with Gasteiger partial charge in [-0.05, 0) is 77.7 Å². The number of fused-ring (bicyclic) bond motifs is 3. The van der Waals surface area contributed by atoms with E-state index in [0.717, 1.165) is 32.1 Å². The average Bonchev–Trinajstić information content (AvgIpc) is 3.38. The molecule has 2 saturated heterocycles. The summed E-state index contributed by atoms with van der Waals surface area (Å²) >= 11 is 0.